The maximum absolute atomic E-state index is 12.3. The summed E-state index contributed by atoms with van der Waals surface area (Å²) in [5, 5.41) is 0. The van der Waals surface area contributed by atoms with Crippen LogP contribution in [0.15, 0.2) is 50.5 Å². The highest BCUT2D eigenvalue weighted by atomic mass is 79.9. The molecule has 106 valence electrons. The lowest BCUT2D eigenvalue weighted by Gasteiger charge is -2.10. The number of sulfonamides is 1. The van der Waals surface area contributed by atoms with Crippen molar-refractivity contribution in [2.24, 2.45) is 0 Å². The van der Waals surface area contributed by atoms with Gasteiger partial charge in [-0.3, -0.25) is 4.98 Å². The van der Waals surface area contributed by atoms with E-state index in [9.17, 15) is 8.42 Å². The Morgan fingerprint density at radius 2 is 2.00 bits per heavy atom. The molecule has 0 radical (unpaired) electrons. The van der Waals surface area contributed by atoms with Crippen LogP contribution < -0.4 is 4.72 Å². The summed E-state index contributed by atoms with van der Waals surface area (Å²) >= 11 is 6.53. The molecule has 0 unspecified atom stereocenters. The number of pyridine rings is 1. The van der Waals surface area contributed by atoms with E-state index in [0.29, 0.717) is 8.95 Å². The molecule has 0 aliphatic carbocycles. The predicted octanol–water partition coefficient (Wildman–Crippen LogP) is 3.39. The van der Waals surface area contributed by atoms with E-state index < -0.39 is 10.0 Å². The molecule has 1 N–H and O–H groups in total. The molecule has 20 heavy (non-hydrogen) atoms. The van der Waals surface area contributed by atoms with Crippen molar-refractivity contribution in [2.75, 3.05) is 0 Å². The minimum absolute atomic E-state index is 0.207. The Bertz CT molecular complexity index is 733. The molecular formula is C13H12Br2N2O2S. The molecule has 0 aliphatic heterocycles. The number of hydrogen-bond donors (Lipinski definition) is 1. The number of nitrogens with zero attached hydrogens (tertiary/aromatic N) is 1. The zero-order valence-electron chi connectivity index (χ0n) is 10.6. The Hall–Kier alpha value is -0.760. The molecular weight excluding hydrogens is 408 g/mol. The van der Waals surface area contributed by atoms with Crippen molar-refractivity contribution in [1.29, 1.82) is 0 Å². The van der Waals surface area contributed by atoms with Crippen LogP contribution >= 0.6 is 31.9 Å². The first kappa shape index (κ1) is 15.6. The SMILES string of the molecule is Cc1cnccc1CNS(=O)(=O)c1cc(Br)ccc1Br. The van der Waals surface area contributed by atoms with E-state index in [1.54, 1.807) is 36.7 Å². The number of hydrogen-bond acceptors (Lipinski definition) is 3. The molecule has 0 atom stereocenters. The van der Waals surface area contributed by atoms with E-state index in [1.165, 1.54) is 0 Å². The van der Waals surface area contributed by atoms with Crippen LogP contribution in [0.3, 0.4) is 0 Å². The van der Waals surface area contributed by atoms with Gasteiger partial charge in [0.1, 0.15) is 0 Å². The number of nitrogens with one attached hydrogen (secondary N) is 1. The van der Waals surface area contributed by atoms with Crippen LogP contribution in [-0.2, 0) is 16.6 Å². The molecule has 7 heteroatoms. The van der Waals surface area contributed by atoms with Crippen LogP contribution in [0.25, 0.3) is 0 Å². The van der Waals surface area contributed by atoms with Gasteiger partial charge in [0.25, 0.3) is 0 Å². The van der Waals surface area contributed by atoms with Gasteiger partial charge in [0.2, 0.25) is 10.0 Å². The van der Waals surface area contributed by atoms with Gasteiger partial charge in [-0.2, -0.15) is 0 Å². The third-order valence-electron chi connectivity index (χ3n) is 2.77. The monoisotopic (exact) mass is 418 g/mol. The molecule has 0 spiro atoms. The van der Waals surface area contributed by atoms with Gasteiger partial charge < -0.3 is 0 Å². The molecule has 1 heterocycles. The summed E-state index contributed by atoms with van der Waals surface area (Å²) in [5.41, 5.74) is 1.85. The molecule has 0 bridgehead atoms. The Labute approximate surface area is 134 Å². The lowest BCUT2D eigenvalue weighted by Crippen LogP contribution is -2.24. The van der Waals surface area contributed by atoms with Crippen LogP contribution in [0, 0.1) is 6.92 Å². The van der Waals surface area contributed by atoms with Crippen LogP contribution in [0.1, 0.15) is 11.1 Å². The van der Waals surface area contributed by atoms with Crippen molar-refractivity contribution in [2.45, 2.75) is 18.4 Å². The van der Waals surface area contributed by atoms with E-state index in [0.717, 1.165) is 11.1 Å². The van der Waals surface area contributed by atoms with Gasteiger partial charge in [0.05, 0.1) is 4.90 Å². The zero-order chi connectivity index (χ0) is 14.8. The number of benzene rings is 1. The summed E-state index contributed by atoms with van der Waals surface area (Å²) < 4.78 is 28.5. The van der Waals surface area contributed by atoms with Gasteiger partial charge in [-0.05, 0) is 58.2 Å². The summed E-state index contributed by atoms with van der Waals surface area (Å²) in [7, 11) is -3.58. The second kappa shape index (κ2) is 6.34. The fourth-order valence-electron chi connectivity index (χ4n) is 1.63. The van der Waals surface area contributed by atoms with Crippen molar-refractivity contribution >= 4 is 41.9 Å². The molecule has 1 aromatic carbocycles. The second-order valence-electron chi connectivity index (χ2n) is 4.20. The van der Waals surface area contributed by atoms with Crippen molar-refractivity contribution < 1.29 is 8.42 Å². The van der Waals surface area contributed by atoms with Crippen molar-refractivity contribution in [3.05, 3.63) is 56.7 Å². The molecule has 1 aromatic heterocycles. The first-order valence-corrected chi connectivity index (χ1v) is 8.81. The quantitative estimate of drug-likeness (QED) is 0.826. The van der Waals surface area contributed by atoms with Gasteiger partial charge in [-0.1, -0.05) is 15.9 Å². The maximum atomic E-state index is 12.3. The average Bonchev–Trinajstić information content (AvgIpc) is 2.40. The lowest BCUT2D eigenvalue weighted by molar-refractivity contribution is 0.580. The van der Waals surface area contributed by atoms with Gasteiger partial charge in [0.15, 0.2) is 0 Å². The minimum Gasteiger partial charge on any atom is -0.264 e. The highest BCUT2D eigenvalue weighted by Gasteiger charge is 2.18. The smallest absolute Gasteiger partial charge is 0.242 e. The number of halogens is 2. The zero-order valence-corrected chi connectivity index (χ0v) is 14.6. The highest BCUT2D eigenvalue weighted by Crippen LogP contribution is 2.25. The molecule has 0 amide bonds. The van der Waals surface area contributed by atoms with Crippen LogP contribution in [0.4, 0.5) is 0 Å². The topological polar surface area (TPSA) is 59.1 Å². The molecule has 0 saturated heterocycles. The fourth-order valence-corrected chi connectivity index (χ4v) is 4.14. The fraction of sp³-hybridized carbons (Fsp3) is 0.154. The third-order valence-corrected chi connectivity index (χ3v) is 5.66. The van der Waals surface area contributed by atoms with E-state index in [1.807, 2.05) is 6.92 Å². The molecule has 0 aliphatic rings. The Morgan fingerprint density at radius 3 is 2.70 bits per heavy atom. The summed E-state index contributed by atoms with van der Waals surface area (Å²) in [5.74, 6) is 0. The Kier molecular flexibility index (Phi) is 4.95. The molecule has 4 nitrogen and oxygen atoms in total. The summed E-state index contributed by atoms with van der Waals surface area (Å²) in [6.07, 6.45) is 3.35. The number of aromatic nitrogens is 1. The maximum Gasteiger partial charge on any atom is 0.242 e. The van der Waals surface area contributed by atoms with Crippen molar-refractivity contribution in [3.8, 4) is 0 Å². The van der Waals surface area contributed by atoms with Crippen LogP contribution in [0.2, 0.25) is 0 Å². The van der Waals surface area contributed by atoms with Crippen LogP contribution in [-0.4, -0.2) is 13.4 Å². The van der Waals surface area contributed by atoms with E-state index >= 15 is 0 Å². The first-order valence-electron chi connectivity index (χ1n) is 5.74. The minimum atomic E-state index is -3.58. The highest BCUT2D eigenvalue weighted by molar-refractivity contribution is 9.11. The summed E-state index contributed by atoms with van der Waals surface area (Å²) in [6, 6.07) is 6.83. The lowest BCUT2D eigenvalue weighted by atomic mass is 10.2. The van der Waals surface area contributed by atoms with Gasteiger partial charge in [-0.25, -0.2) is 13.1 Å². The third kappa shape index (κ3) is 3.66. The summed E-state index contributed by atoms with van der Waals surface area (Å²) in [4.78, 5) is 4.19. The largest absolute Gasteiger partial charge is 0.264 e. The number of rotatable bonds is 4. The van der Waals surface area contributed by atoms with Crippen molar-refractivity contribution in [3.63, 3.8) is 0 Å². The Balaban J connectivity index is 2.24. The van der Waals surface area contributed by atoms with Gasteiger partial charge in [0, 0.05) is 27.9 Å². The van der Waals surface area contributed by atoms with E-state index in [-0.39, 0.29) is 11.4 Å². The first-order chi connectivity index (χ1) is 9.40. The normalized spacial score (nSPS) is 11.6. The summed E-state index contributed by atoms with van der Waals surface area (Å²) in [6.45, 7) is 2.13. The number of aryl methyl sites for hydroxylation is 1. The van der Waals surface area contributed by atoms with Crippen LogP contribution in [0.5, 0.6) is 0 Å². The molecule has 2 rings (SSSR count). The van der Waals surface area contributed by atoms with Gasteiger partial charge >= 0.3 is 0 Å². The predicted molar refractivity (Wildman–Crippen MR) is 84.8 cm³/mol. The molecule has 0 fully saturated rings. The molecule has 2 aromatic rings. The standard InChI is InChI=1S/C13H12Br2N2O2S/c1-9-7-16-5-4-10(9)8-17-20(18,19)13-6-11(14)2-3-12(13)15/h2-7,17H,8H2,1H3. The second-order valence-corrected chi connectivity index (χ2v) is 7.71. The van der Waals surface area contributed by atoms with Crippen molar-refractivity contribution in [1.82, 2.24) is 9.71 Å². The molecule has 0 saturated carbocycles. The van der Waals surface area contributed by atoms with E-state index in [4.69, 9.17) is 0 Å². The average molecular weight is 420 g/mol. The van der Waals surface area contributed by atoms with E-state index in [2.05, 4.69) is 41.6 Å². The Morgan fingerprint density at radius 1 is 1.25 bits per heavy atom. The van der Waals surface area contributed by atoms with Gasteiger partial charge in [-0.15, -0.1) is 0 Å².